The van der Waals surface area contributed by atoms with Crippen molar-refractivity contribution in [3.8, 4) is 0 Å². The van der Waals surface area contributed by atoms with Crippen molar-refractivity contribution >= 4 is 26.6 Å². The van der Waals surface area contributed by atoms with Crippen LogP contribution in [-0.4, -0.2) is 39.0 Å². The third-order valence-corrected chi connectivity index (χ3v) is 7.11. The quantitative estimate of drug-likeness (QED) is 0.388. The van der Waals surface area contributed by atoms with E-state index in [4.69, 9.17) is 0 Å². The molecule has 1 N–H and O–H groups in total. The first kappa shape index (κ1) is 4.76. The van der Waals surface area contributed by atoms with E-state index in [-0.39, 0.29) is 0 Å². The van der Waals surface area contributed by atoms with Crippen LogP contribution in [0.25, 0.3) is 0 Å². The van der Waals surface area contributed by atoms with E-state index in [1.54, 1.807) is 0 Å². The topological polar surface area (TPSA) is 12.0 Å². The Kier molecular flexibility index (Phi) is 2.17. The van der Waals surface area contributed by atoms with Crippen LogP contribution < -0.4 is 5.32 Å². The van der Waals surface area contributed by atoms with Gasteiger partial charge in [0, 0.05) is 26.6 Å². The zero-order valence-corrected chi connectivity index (χ0v) is 6.41. The predicted octanol–water partition coefficient (Wildman–Crippen LogP) is -1.55. The molecule has 0 saturated carbocycles. The summed E-state index contributed by atoms with van der Waals surface area (Å²) in [5, 5.41) is 3.32. The molecule has 0 aromatic heterocycles. The molecule has 1 heterocycles. The molecule has 0 unspecified atom stereocenters. The molecule has 0 aromatic carbocycles. The second-order valence-electron chi connectivity index (χ2n) is 1.08. The van der Waals surface area contributed by atoms with E-state index in [9.17, 15) is 0 Å². The van der Waals surface area contributed by atoms with Crippen LogP contribution in [0.3, 0.4) is 0 Å². The molecule has 1 fully saturated rings. The van der Waals surface area contributed by atoms with Gasteiger partial charge in [-0.15, -0.1) is 0 Å². The minimum atomic E-state index is 1.23. The van der Waals surface area contributed by atoms with Crippen molar-refractivity contribution in [2.45, 2.75) is 0 Å². The highest BCUT2D eigenvalue weighted by atomic mass is 29.5. The molecule has 0 amide bonds. The molecule has 4 heteroatoms. The lowest BCUT2D eigenvalue weighted by molar-refractivity contribution is 0.925. The van der Waals surface area contributed by atoms with Crippen LogP contribution in [-0.2, 0) is 0 Å². The monoisotopic (exact) mass is 127 g/mol. The molecular weight excluding hydrogens is 122 g/mol. The lowest BCUT2D eigenvalue weighted by Gasteiger charge is -2.06. The average molecular weight is 127 g/mol. The van der Waals surface area contributed by atoms with Gasteiger partial charge in [0.25, 0.3) is 0 Å². The zero-order chi connectivity index (χ0) is 4.24. The van der Waals surface area contributed by atoms with E-state index in [0.29, 0.717) is 0 Å². The summed E-state index contributed by atoms with van der Waals surface area (Å²) in [5.41, 5.74) is 0. The van der Waals surface area contributed by atoms with Crippen molar-refractivity contribution in [3.05, 3.63) is 0 Å². The first-order valence-corrected chi connectivity index (χ1v) is 7.33. The summed E-state index contributed by atoms with van der Waals surface area (Å²) in [7, 11) is 3.76. The molecule has 6 radical (unpaired) electrons. The van der Waals surface area contributed by atoms with E-state index >= 15 is 0 Å². The van der Waals surface area contributed by atoms with Gasteiger partial charge in [0.1, 0.15) is 0 Å². The van der Waals surface area contributed by atoms with Crippen molar-refractivity contribution in [2.75, 3.05) is 12.3 Å². The maximum atomic E-state index is 3.32. The Balaban J connectivity index is 2.00. The lowest BCUT2D eigenvalue weighted by Crippen LogP contribution is -2.39. The van der Waals surface area contributed by atoms with Crippen LogP contribution in [0, 0.1) is 0 Å². The van der Waals surface area contributed by atoms with Gasteiger partial charge < -0.3 is 5.32 Å². The van der Waals surface area contributed by atoms with Crippen LogP contribution in [0.2, 0.25) is 0 Å². The maximum absolute atomic E-state index is 3.32. The van der Waals surface area contributed by atoms with Gasteiger partial charge in [0.15, 0.2) is 0 Å². The Morgan fingerprint density at radius 2 is 1.83 bits per heavy atom. The first-order valence-electron chi connectivity index (χ1n) is 1.91. The summed E-state index contributed by atoms with van der Waals surface area (Å²) in [4.78, 5) is 0. The van der Waals surface area contributed by atoms with E-state index in [2.05, 4.69) is 5.32 Å². The Morgan fingerprint density at radius 3 is 2.00 bits per heavy atom. The fourth-order valence-electron chi connectivity index (χ4n) is 0.338. The summed E-state index contributed by atoms with van der Waals surface area (Å²) < 4.78 is 0. The van der Waals surface area contributed by atoms with Gasteiger partial charge in [0.2, 0.25) is 0 Å². The highest BCUT2D eigenvalue weighted by molar-refractivity contribution is 7.30. The minimum Gasteiger partial charge on any atom is -0.324 e. The van der Waals surface area contributed by atoms with Crippen molar-refractivity contribution in [1.29, 1.82) is 0 Å². The van der Waals surface area contributed by atoms with Gasteiger partial charge in [-0.05, 0) is 12.3 Å². The molecule has 1 nitrogen and oxygen atoms in total. The van der Waals surface area contributed by atoms with Crippen LogP contribution in [0.4, 0.5) is 0 Å². The number of rotatable bonds is 0. The Hall–Kier alpha value is 0.611. The molecule has 1 aliphatic heterocycles. The van der Waals surface area contributed by atoms with E-state index in [1.807, 2.05) is 0 Å². The number of hydrogen-bond acceptors (Lipinski definition) is 1. The second-order valence-corrected chi connectivity index (χ2v) is 7.87. The zero-order valence-electron chi connectivity index (χ0n) is 3.41. The maximum Gasteiger partial charge on any atom is 0.0374 e. The third-order valence-electron chi connectivity index (χ3n) is 0.604. The van der Waals surface area contributed by atoms with Gasteiger partial charge in [-0.3, -0.25) is 0 Å². The van der Waals surface area contributed by atoms with E-state index in [0.717, 1.165) is 0 Å². The highest BCUT2D eigenvalue weighted by Gasteiger charge is 1.97. The highest BCUT2D eigenvalue weighted by Crippen LogP contribution is 1.63. The molecule has 1 aliphatic rings. The molecule has 0 spiro atoms. The Labute approximate surface area is 44.9 Å². The molecular formula is C2H5NSi3. The molecule has 30 valence electrons. The molecule has 0 bridgehead atoms. The number of nitrogens with one attached hydrogen (secondary N) is 1. The van der Waals surface area contributed by atoms with E-state index < -0.39 is 0 Å². The Morgan fingerprint density at radius 1 is 1.17 bits per heavy atom. The molecule has 1 rings (SSSR count). The molecule has 0 atom stereocenters. The Bertz CT molecular complexity index is 24.3. The summed E-state index contributed by atoms with van der Waals surface area (Å²) in [6.45, 7) is 0. The molecule has 0 aliphatic carbocycles. The second kappa shape index (κ2) is 2.73. The van der Waals surface area contributed by atoms with Gasteiger partial charge >= 0.3 is 0 Å². The van der Waals surface area contributed by atoms with E-state index in [1.165, 1.54) is 39.0 Å². The van der Waals surface area contributed by atoms with Crippen molar-refractivity contribution in [1.82, 2.24) is 5.32 Å². The molecule has 1 saturated heterocycles. The molecule has 6 heavy (non-hydrogen) atoms. The SMILES string of the molecule is C1NC[Si][Si][Si]1. The van der Waals surface area contributed by atoms with Crippen LogP contribution in [0.5, 0.6) is 0 Å². The summed E-state index contributed by atoms with van der Waals surface area (Å²) in [5.74, 6) is 0. The minimum absolute atomic E-state index is 1.23. The van der Waals surface area contributed by atoms with Gasteiger partial charge in [-0.1, -0.05) is 0 Å². The average Bonchev–Trinajstić information content (AvgIpc) is 1.72. The standard InChI is InChI=1S/C2H5NSi3/c1-3-2-5-6-4-1/h3H,1-2H2. The largest absolute Gasteiger partial charge is 0.324 e. The normalized spacial score (nSPS) is 24.0. The van der Waals surface area contributed by atoms with Crippen molar-refractivity contribution < 1.29 is 0 Å². The van der Waals surface area contributed by atoms with Gasteiger partial charge in [-0.2, -0.15) is 0 Å². The van der Waals surface area contributed by atoms with Gasteiger partial charge in [-0.25, -0.2) is 0 Å². The van der Waals surface area contributed by atoms with Crippen LogP contribution in [0.1, 0.15) is 0 Å². The smallest absolute Gasteiger partial charge is 0.0374 e. The van der Waals surface area contributed by atoms with Crippen LogP contribution >= 0.6 is 0 Å². The number of hydrogen-bond donors (Lipinski definition) is 1. The lowest BCUT2D eigenvalue weighted by atomic mass is 11.2. The fourth-order valence-corrected chi connectivity index (χ4v) is 5.76. The summed E-state index contributed by atoms with van der Waals surface area (Å²) in [6, 6.07) is 0. The summed E-state index contributed by atoms with van der Waals surface area (Å²) in [6.07, 6.45) is 2.59. The third kappa shape index (κ3) is 1.38. The summed E-state index contributed by atoms with van der Waals surface area (Å²) >= 11 is 0. The molecule has 0 aromatic rings. The first-order chi connectivity index (χ1) is 3.00. The van der Waals surface area contributed by atoms with Crippen molar-refractivity contribution in [2.24, 2.45) is 0 Å². The van der Waals surface area contributed by atoms with Gasteiger partial charge in [0.05, 0.1) is 0 Å². The van der Waals surface area contributed by atoms with Crippen LogP contribution in [0.15, 0.2) is 0 Å². The van der Waals surface area contributed by atoms with Crippen molar-refractivity contribution in [3.63, 3.8) is 0 Å². The predicted molar refractivity (Wildman–Crippen MR) is 30.1 cm³/mol. The fraction of sp³-hybridized carbons (Fsp3) is 1.00.